The Morgan fingerprint density at radius 1 is 0.564 bits per heavy atom. The van der Waals surface area contributed by atoms with Gasteiger partial charge in [-0.25, -0.2) is 9.59 Å². The third-order valence-corrected chi connectivity index (χ3v) is 9.68. The smallest absolute Gasteiger partial charge is 0.348 e. The van der Waals surface area contributed by atoms with Gasteiger partial charge in [-0.3, -0.25) is 0 Å². The molecular weight excluding hydrogens is 545 g/mol. The van der Waals surface area contributed by atoms with Crippen LogP contribution >= 0.6 is 34.0 Å². The topological polar surface area (TPSA) is 52.6 Å². The van der Waals surface area contributed by atoms with Crippen molar-refractivity contribution in [1.82, 2.24) is 0 Å². The van der Waals surface area contributed by atoms with Crippen molar-refractivity contribution in [3.05, 3.63) is 93.7 Å². The number of hydrogen-bond donors (Lipinski definition) is 0. The molecule has 198 valence electrons. The van der Waals surface area contributed by atoms with Crippen LogP contribution in [0.15, 0.2) is 72.8 Å². The zero-order chi connectivity index (χ0) is 27.5. The lowest BCUT2D eigenvalue weighted by atomic mass is 10.1. The fourth-order valence-electron chi connectivity index (χ4n) is 4.19. The molecule has 0 unspecified atom stereocenters. The minimum absolute atomic E-state index is 0.311. The number of esters is 2. The average molecular weight is 573 g/mol. The maximum atomic E-state index is 12.9. The van der Waals surface area contributed by atoms with Crippen LogP contribution in [-0.4, -0.2) is 25.2 Å². The fraction of sp³-hybridized carbons (Fsp3) is 0.188. The van der Waals surface area contributed by atoms with Gasteiger partial charge in [0.25, 0.3) is 0 Å². The second-order valence-electron chi connectivity index (χ2n) is 9.04. The molecule has 0 spiro atoms. The number of aryl methyl sites for hydroxylation is 2. The van der Waals surface area contributed by atoms with Gasteiger partial charge in [0.1, 0.15) is 9.75 Å². The van der Waals surface area contributed by atoms with Crippen LogP contribution in [0, 0.1) is 13.8 Å². The molecule has 0 amide bonds. The summed E-state index contributed by atoms with van der Waals surface area (Å²) in [5, 5.41) is 0. The highest BCUT2D eigenvalue weighted by molar-refractivity contribution is 7.22. The van der Waals surface area contributed by atoms with Crippen molar-refractivity contribution < 1.29 is 19.1 Å². The Bertz CT molecular complexity index is 1500. The van der Waals surface area contributed by atoms with Gasteiger partial charge in [0.2, 0.25) is 0 Å². The van der Waals surface area contributed by atoms with Crippen LogP contribution < -0.4 is 0 Å². The quantitative estimate of drug-likeness (QED) is 0.174. The number of thiophene rings is 3. The third-order valence-electron chi connectivity index (χ3n) is 6.19. The minimum Gasteiger partial charge on any atom is -0.462 e. The summed E-state index contributed by atoms with van der Waals surface area (Å²) >= 11 is 4.45. The first kappa shape index (κ1) is 27.1. The number of rotatable bonds is 8. The summed E-state index contributed by atoms with van der Waals surface area (Å²) in [4.78, 5) is 31.0. The monoisotopic (exact) mass is 572 g/mol. The van der Waals surface area contributed by atoms with Gasteiger partial charge < -0.3 is 9.47 Å². The van der Waals surface area contributed by atoms with E-state index in [-0.39, 0.29) is 11.9 Å². The van der Waals surface area contributed by atoms with E-state index < -0.39 is 0 Å². The maximum absolute atomic E-state index is 12.9. The molecule has 5 rings (SSSR count). The van der Waals surface area contributed by atoms with Gasteiger partial charge >= 0.3 is 11.9 Å². The summed E-state index contributed by atoms with van der Waals surface area (Å²) in [5.74, 6) is -0.648. The Kier molecular flexibility index (Phi) is 8.12. The lowest BCUT2D eigenvalue weighted by molar-refractivity contribution is 0.0523. The molecule has 0 saturated carbocycles. The third kappa shape index (κ3) is 5.76. The van der Waals surface area contributed by atoms with Crippen molar-refractivity contribution in [2.45, 2.75) is 27.7 Å². The van der Waals surface area contributed by atoms with Crippen molar-refractivity contribution in [3.8, 4) is 41.8 Å². The summed E-state index contributed by atoms with van der Waals surface area (Å²) in [6.07, 6.45) is 0. The van der Waals surface area contributed by atoms with E-state index in [2.05, 4.69) is 74.5 Å². The first-order valence-corrected chi connectivity index (χ1v) is 15.2. The predicted molar refractivity (Wildman–Crippen MR) is 163 cm³/mol. The van der Waals surface area contributed by atoms with E-state index in [1.54, 1.807) is 11.3 Å². The molecule has 5 aromatic rings. The lowest BCUT2D eigenvalue weighted by Crippen LogP contribution is -2.03. The van der Waals surface area contributed by atoms with E-state index in [0.717, 1.165) is 41.8 Å². The normalized spacial score (nSPS) is 11.0. The highest BCUT2D eigenvalue weighted by atomic mass is 32.1. The Morgan fingerprint density at radius 3 is 1.31 bits per heavy atom. The van der Waals surface area contributed by atoms with Gasteiger partial charge in [-0.15, -0.1) is 34.0 Å². The van der Waals surface area contributed by atoms with E-state index in [1.807, 2.05) is 26.0 Å². The zero-order valence-corrected chi connectivity index (χ0v) is 24.6. The fourth-order valence-corrected chi connectivity index (χ4v) is 7.52. The first-order valence-electron chi connectivity index (χ1n) is 12.7. The second-order valence-corrected chi connectivity index (χ2v) is 12.2. The first-order chi connectivity index (χ1) is 18.9. The molecule has 0 aliphatic rings. The Morgan fingerprint density at radius 2 is 0.949 bits per heavy atom. The van der Waals surface area contributed by atoms with Crippen molar-refractivity contribution in [3.63, 3.8) is 0 Å². The lowest BCUT2D eigenvalue weighted by Gasteiger charge is -2.02. The van der Waals surface area contributed by atoms with Crippen LogP contribution in [0.2, 0.25) is 0 Å². The van der Waals surface area contributed by atoms with Crippen molar-refractivity contribution >= 4 is 45.9 Å². The van der Waals surface area contributed by atoms with Crippen LogP contribution in [0.4, 0.5) is 0 Å². The molecular formula is C32H28O4S3. The predicted octanol–water partition coefficient (Wildman–Crippen LogP) is 9.51. The van der Waals surface area contributed by atoms with Crippen LogP contribution in [0.1, 0.15) is 44.3 Å². The Hall–Kier alpha value is -3.52. The number of benzene rings is 2. The molecule has 3 aromatic heterocycles. The Labute approximate surface area is 240 Å². The van der Waals surface area contributed by atoms with Gasteiger partial charge in [0.05, 0.1) is 13.2 Å². The van der Waals surface area contributed by atoms with Crippen molar-refractivity contribution in [2.75, 3.05) is 13.2 Å². The highest BCUT2D eigenvalue weighted by Gasteiger charge is 2.24. The maximum Gasteiger partial charge on any atom is 0.348 e. The summed E-state index contributed by atoms with van der Waals surface area (Å²) in [5.41, 5.74) is 6.17. The van der Waals surface area contributed by atoms with Gasteiger partial charge in [-0.1, -0.05) is 59.7 Å². The van der Waals surface area contributed by atoms with E-state index in [0.29, 0.717) is 23.0 Å². The second kappa shape index (κ2) is 11.7. The summed E-state index contributed by atoms with van der Waals surface area (Å²) in [6, 6.07) is 24.7. The number of hydrogen-bond acceptors (Lipinski definition) is 7. The van der Waals surface area contributed by atoms with Crippen LogP contribution in [-0.2, 0) is 9.47 Å². The summed E-state index contributed by atoms with van der Waals surface area (Å²) < 4.78 is 10.8. The van der Waals surface area contributed by atoms with Crippen LogP contribution in [0.5, 0.6) is 0 Å². The molecule has 0 N–H and O–H groups in total. The summed E-state index contributed by atoms with van der Waals surface area (Å²) in [7, 11) is 0. The minimum atomic E-state index is -0.324. The molecule has 0 aliphatic heterocycles. The van der Waals surface area contributed by atoms with Gasteiger partial charge in [0, 0.05) is 30.6 Å². The van der Waals surface area contributed by atoms with E-state index >= 15 is 0 Å². The molecule has 7 heteroatoms. The Balaban J connectivity index is 1.58. The molecule has 0 aliphatic carbocycles. The molecule has 0 saturated heterocycles. The van der Waals surface area contributed by atoms with Gasteiger partial charge in [0.15, 0.2) is 0 Å². The standard InChI is InChI=1S/C32H28O4S3/c1-5-35-31(33)29-23(17-27(38-29)21-11-7-19(3)8-12-21)25-15-16-26(37-25)24-18-28(22-13-9-20(4)10-14-22)39-30(24)32(34)36-6-2/h7-18H,5-6H2,1-4H3. The largest absolute Gasteiger partial charge is 0.462 e. The van der Waals surface area contributed by atoms with Crippen LogP contribution in [0.3, 0.4) is 0 Å². The number of carbonyl (C=O) groups is 2. The van der Waals surface area contributed by atoms with Crippen molar-refractivity contribution in [1.29, 1.82) is 0 Å². The van der Waals surface area contributed by atoms with Gasteiger partial charge in [-0.05, 0) is 63.1 Å². The molecule has 2 aromatic carbocycles. The molecule has 0 fully saturated rings. The molecule has 3 heterocycles. The van der Waals surface area contributed by atoms with E-state index in [4.69, 9.17) is 9.47 Å². The van der Waals surface area contributed by atoms with Gasteiger partial charge in [-0.2, -0.15) is 0 Å². The molecule has 0 radical (unpaired) electrons. The molecule has 39 heavy (non-hydrogen) atoms. The molecule has 4 nitrogen and oxygen atoms in total. The average Bonchev–Trinajstić information content (AvgIpc) is 3.68. The SMILES string of the molecule is CCOC(=O)c1sc(-c2ccc(C)cc2)cc1-c1ccc(-c2cc(-c3ccc(C)cc3)sc2C(=O)OCC)s1. The van der Waals surface area contributed by atoms with E-state index in [1.165, 1.54) is 33.8 Å². The zero-order valence-electron chi connectivity index (χ0n) is 22.2. The summed E-state index contributed by atoms with van der Waals surface area (Å²) in [6.45, 7) is 8.36. The van der Waals surface area contributed by atoms with Crippen molar-refractivity contribution in [2.24, 2.45) is 0 Å². The molecule has 0 atom stereocenters. The highest BCUT2D eigenvalue weighted by Crippen LogP contribution is 2.45. The van der Waals surface area contributed by atoms with Crippen LogP contribution in [0.25, 0.3) is 41.8 Å². The number of ether oxygens (including phenoxy) is 2. The number of carbonyl (C=O) groups excluding carboxylic acids is 2. The molecule has 0 bridgehead atoms. The van der Waals surface area contributed by atoms with E-state index in [9.17, 15) is 9.59 Å².